The van der Waals surface area contributed by atoms with Gasteiger partial charge in [-0.2, -0.15) is 20.2 Å². The molecule has 0 amide bonds. The van der Waals surface area contributed by atoms with Crippen molar-refractivity contribution in [2.75, 3.05) is 83.9 Å². The monoisotopic (exact) mass is 971 g/mol. The average molecular weight is 972 g/mol. The van der Waals surface area contributed by atoms with E-state index in [4.69, 9.17) is 9.47 Å². The minimum absolute atomic E-state index is 0.195. The number of pyridine rings is 2. The minimum atomic E-state index is -0.481. The standard InChI is InChI=1S/C25H24FN9O.C24H23FN10O/c1-17-23(28-8-7-27-17)18-3-2-4-19(13-18)32-21-6-5-20(29-14-21)15-31-34-25-30-16-22(26)24(33-25)35-9-11-36-12-10-35;1-16-8-17(22-29-14-26-15-30-22)10-20(9-16)32-19-3-2-18(27-11-19)12-31-34-24-28-13-21(25)23(33-24)35-4-6-36-7-5-35/h2-8,13-16,32H,9-12H2,1H3,(H,30,33,34);2-3,8-15,32H,4-7H2,1H3,(H,28,33,34)/b31-15+;31-12+. The highest BCUT2D eigenvalue weighted by Crippen LogP contribution is 2.27. The van der Waals surface area contributed by atoms with Crippen LogP contribution in [0.3, 0.4) is 0 Å². The number of hydrazone groups is 2. The molecule has 0 atom stereocenters. The van der Waals surface area contributed by atoms with E-state index in [1.807, 2.05) is 90.4 Å². The maximum Gasteiger partial charge on any atom is 0.245 e. The Morgan fingerprint density at radius 1 is 0.556 bits per heavy atom. The van der Waals surface area contributed by atoms with Gasteiger partial charge in [0.25, 0.3) is 0 Å². The molecule has 2 aliphatic rings. The van der Waals surface area contributed by atoms with Crippen LogP contribution in [0.1, 0.15) is 22.6 Å². The van der Waals surface area contributed by atoms with Gasteiger partial charge in [0.15, 0.2) is 29.1 Å². The van der Waals surface area contributed by atoms with Crippen LogP contribution in [-0.2, 0) is 9.47 Å². The van der Waals surface area contributed by atoms with E-state index in [0.717, 1.165) is 63.2 Å². The molecule has 0 unspecified atom stereocenters. The molecule has 2 aromatic carbocycles. The van der Waals surface area contributed by atoms with Crippen molar-refractivity contribution in [3.05, 3.63) is 151 Å². The van der Waals surface area contributed by atoms with E-state index in [-0.39, 0.29) is 23.5 Å². The molecule has 8 aromatic rings. The van der Waals surface area contributed by atoms with Gasteiger partial charge in [-0.3, -0.25) is 19.9 Å². The second-order valence-corrected chi connectivity index (χ2v) is 16.0. The van der Waals surface area contributed by atoms with Gasteiger partial charge >= 0.3 is 0 Å². The number of aryl methyl sites for hydroxylation is 2. The van der Waals surface area contributed by atoms with Crippen LogP contribution in [0.15, 0.2) is 127 Å². The number of benzene rings is 2. The third-order valence-corrected chi connectivity index (χ3v) is 10.8. The fourth-order valence-electron chi connectivity index (χ4n) is 7.38. The van der Waals surface area contributed by atoms with Crippen LogP contribution in [0.5, 0.6) is 0 Å². The molecule has 2 aliphatic heterocycles. The van der Waals surface area contributed by atoms with Crippen molar-refractivity contribution in [1.82, 2.24) is 54.8 Å². The summed E-state index contributed by atoms with van der Waals surface area (Å²) in [6.45, 7) is 8.38. The van der Waals surface area contributed by atoms with Gasteiger partial charge in [0.05, 0.1) is 97.8 Å². The topological polar surface area (TPSA) is 240 Å². The third-order valence-electron chi connectivity index (χ3n) is 10.8. The molecule has 8 heterocycles. The summed E-state index contributed by atoms with van der Waals surface area (Å²) in [6, 6.07) is 21.4. The summed E-state index contributed by atoms with van der Waals surface area (Å²) in [6.07, 6.45) is 15.1. The fourth-order valence-corrected chi connectivity index (χ4v) is 7.38. The normalized spacial score (nSPS) is 13.7. The molecule has 2 fully saturated rings. The number of anilines is 8. The van der Waals surface area contributed by atoms with Gasteiger partial charge in [-0.05, 0) is 74.0 Å². The first-order chi connectivity index (χ1) is 35.3. The van der Waals surface area contributed by atoms with Crippen LogP contribution in [0.2, 0.25) is 0 Å². The smallest absolute Gasteiger partial charge is 0.245 e. The SMILES string of the molecule is Cc1cc(Nc2ccc(/C=N/Nc3ncc(F)c(N4CCOCC4)n3)nc2)cc(-c2ncncn2)c1.Cc1nccnc1-c1cccc(Nc2ccc(/C=N/Nc3ncc(F)c(N4CCOCC4)n3)nc2)c1. The molecule has 2 saturated heterocycles. The molecule has 4 N–H and O–H groups in total. The van der Waals surface area contributed by atoms with Gasteiger partial charge in [0.1, 0.15) is 12.7 Å². The predicted molar refractivity (Wildman–Crippen MR) is 270 cm³/mol. The van der Waals surface area contributed by atoms with Gasteiger partial charge in [-0.25, -0.2) is 44.6 Å². The van der Waals surface area contributed by atoms with Crippen molar-refractivity contribution >= 4 is 58.7 Å². The molecule has 364 valence electrons. The lowest BCUT2D eigenvalue weighted by atomic mass is 10.1. The molecule has 0 bridgehead atoms. The molecule has 21 nitrogen and oxygen atoms in total. The first-order valence-electron chi connectivity index (χ1n) is 22.7. The molecule has 6 aromatic heterocycles. The second kappa shape index (κ2) is 23.5. The predicted octanol–water partition coefficient (Wildman–Crippen LogP) is 7.00. The van der Waals surface area contributed by atoms with Gasteiger partial charge in [0.2, 0.25) is 11.9 Å². The lowest BCUT2D eigenvalue weighted by Gasteiger charge is -2.27. The van der Waals surface area contributed by atoms with Crippen molar-refractivity contribution in [2.45, 2.75) is 13.8 Å². The molecule has 0 saturated carbocycles. The second-order valence-electron chi connectivity index (χ2n) is 16.0. The van der Waals surface area contributed by atoms with Crippen LogP contribution in [0.4, 0.5) is 55.1 Å². The maximum absolute atomic E-state index is 14.2. The van der Waals surface area contributed by atoms with Gasteiger partial charge < -0.3 is 29.9 Å². The van der Waals surface area contributed by atoms with Crippen molar-refractivity contribution in [2.24, 2.45) is 10.2 Å². The number of nitrogens with zero attached hydrogens (tertiary/aromatic N) is 15. The summed E-state index contributed by atoms with van der Waals surface area (Å²) in [5.74, 6) is 0.508. The Hall–Kier alpha value is -9.09. The highest BCUT2D eigenvalue weighted by molar-refractivity contribution is 5.79. The van der Waals surface area contributed by atoms with Crippen molar-refractivity contribution in [1.29, 1.82) is 0 Å². The highest BCUT2D eigenvalue weighted by Gasteiger charge is 2.19. The Labute approximate surface area is 412 Å². The zero-order chi connectivity index (χ0) is 49.5. The lowest BCUT2D eigenvalue weighted by Crippen LogP contribution is -2.37. The Kier molecular flexibility index (Phi) is 15.6. The first-order valence-corrected chi connectivity index (χ1v) is 22.7. The molecule has 0 radical (unpaired) electrons. The molecule has 10 rings (SSSR count). The van der Waals surface area contributed by atoms with Crippen molar-refractivity contribution < 1.29 is 18.3 Å². The quantitative estimate of drug-likeness (QED) is 0.0633. The zero-order valence-corrected chi connectivity index (χ0v) is 39.1. The molecule has 0 aliphatic carbocycles. The maximum atomic E-state index is 14.2. The van der Waals surface area contributed by atoms with E-state index < -0.39 is 11.6 Å². The van der Waals surface area contributed by atoms with Crippen LogP contribution in [0, 0.1) is 25.5 Å². The number of halogens is 2. The average Bonchev–Trinajstić information content (AvgIpc) is 3.41. The van der Waals surface area contributed by atoms with Gasteiger partial charge in [0, 0.05) is 61.1 Å². The number of hydrogen-bond donors (Lipinski definition) is 4. The summed E-state index contributed by atoms with van der Waals surface area (Å²) in [5.41, 5.74) is 14.8. The largest absolute Gasteiger partial charge is 0.378 e. The Bertz CT molecular complexity index is 3120. The van der Waals surface area contributed by atoms with E-state index in [1.54, 1.807) is 31.0 Å². The number of rotatable bonds is 14. The highest BCUT2D eigenvalue weighted by atomic mass is 19.1. The van der Waals surface area contributed by atoms with Crippen LogP contribution in [-0.4, -0.2) is 120 Å². The Balaban J connectivity index is 0.000000178. The molecule has 0 spiro atoms. The van der Waals surface area contributed by atoms with E-state index >= 15 is 0 Å². The van der Waals surface area contributed by atoms with E-state index in [1.165, 1.54) is 18.9 Å². The molecule has 23 heteroatoms. The van der Waals surface area contributed by atoms with Crippen LogP contribution < -0.4 is 31.3 Å². The molecular weight excluding hydrogens is 925 g/mol. The fraction of sp³-hybridized carbons (Fsp3) is 0.204. The Morgan fingerprint density at radius 3 is 1.67 bits per heavy atom. The third kappa shape index (κ3) is 13.0. The summed E-state index contributed by atoms with van der Waals surface area (Å²) in [5, 5.41) is 15.0. The molecular formula is C49H47F2N19O2. The number of ether oxygens (including phenoxy) is 2. The first kappa shape index (κ1) is 48.0. The van der Waals surface area contributed by atoms with E-state index in [0.29, 0.717) is 69.8 Å². The lowest BCUT2D eigenvalue weighted by molar-refractivity contribution is 0.122. The number of hydrogen-bond acceptors (Lipinski definition) is 21. The summed E-state index contributed by atoms with van der Waals surface area (Å²) in [4.78, 5) is 49.9. The number of morpholine rings is 2. The van der Waals surface area contributed by atoms with E-state index in [9.17, 15) is 8.78 Å². The van der Waals surface area contributed by atoms with Gasteiger partial charge in [-0.1, -0.05) is 12.1 Å². The van der Waals surface area contributed by atoms with Gasteiger partial charge in [-0.15, -0.1) is 0 Å². The van der Waals surface area contributed by atoms with Crippen LogP contribution in [0.25, 0.3) is 22.6 Å². The Morgan fingerprint density at radius 2 is 1.11 bits per heavy atom. The summed E-state index contributed by atoms with van der Waals surface area (Å²) >= 11 is 0. The zero-order valence-electron chi connectivity index (χ0n) is 39.1. The number of nitrogens with one attached hydrogen (secondary N) is 4. The molecule has 72 heavy (non-hydrogen) atoms. The van der Waals surface area contributed by atoms with Crippen molar-refractivity contribution in [3.63, 3.8) is 0 Å². The number of aromatic nitrogens is 11. The van der Waals surface area contributed by atoms with Crippen molar-refractivity contribution in [3.8, 4) is 22.6 Å². The summed E-state index contributed by atoms with van der Waals surface area (Å²) < 4.78 is 39.0. The van der Waals surface area contributed by atoms with Crippen LogP contribution >= 0.6 is 0 Å². The van der Waals surface area contributed by atoms with E-state index in [2.05, 4.69) is 86.5 Å². The minimum Gasteiger partial charge on any atom is -0.378 e. The summed E-state index contributed by atoms with van der Waals surface area (Å²) in [7, 11) is 0.